The van der Waals surface area contributed by atoms with Gasteiger partial charge >= 0.3 is 0 Å². The molecule has 5 nitrogen and oxygen atoms in total. The van der Waals surface area contributed by atoms with Crippen molar-refractivity contribution >= 4 is 28.9 Å². The van der Waals surface area contributed by atoms with Crippen molar-refractivity contribution < 1.29 is 9.18 Å². The summed E-state index contributed by atoms with van der Waals surface area (Å²) in [6.07, 6.45) is 3.67. The third-order valence-electron chi connectivity index (χ3n) is 5.76. The lowest BCUT2D eigenvalue weighted by molar-refractivity contribution is -0.122. The predicted octanol–water partition coefficient (Wildman–Crippen LogP) is 5.15. The van der Waals surface area contributed by atoms with Gasteiger partial charge in [-0.3, -0.25) is 9.78 Å². The van der Waals surface area contributed by atoms with Gasteiger partial charge in [0, 0.05) is 19.2 Å². The van der Waals surface area contributed by atoms with E-state index >= 15 is 0 Å². The average molecular weight is 439 g/mol. The Labute approximate surface area is 186 Å². The molecule has 0 unspecified atom stereocenters. The number of benzene rings is 1. The molecule has 1 aromatic carbocycles. The van der Waals surface area contributed by atoms with E-state index in [1.807, 2.05) is 39.0 Å². The molecule has 0 bridgehead atoms. The van der Waals surface area contributed by atoms with Crippen LogP contribution in [-0.2, 0) is 23.1 Å². The first-order valence-electron chi connectivity index (χ1n) is 10.3. The highest BCUT2D eigenvalue weighted by atomic mass is 35.5. The molecule has 160 valence electrons. The number of rotatable bonds is 5. The molecule has 0 saturated heterocycles. The average Bonchev–Trinajstić information content (AvgIpc) is 2.75. The number of pyridine rings is 1. The zero-order valence-electron chi connectivity index (χ0n) is 17.8. The number of nitrogens with zero attached hydrogens (tertiary/aromatic N) is 4. The number of aromatic nitrogens is 3. The van der Waals surface area contributed by atoms with Crippen molar-refractivity contribution in [3.8, 4) is 0 Å². The fourth-order valence-electron chi connectivity index (χ4n) is 3.83. The van der Waals surface area contributed by atoms with Crippen LogP contribution in [0.4, 0.5) is 15.9 Å². The Morgan fingerprint density at radius 3 is 2.74 bits per heavy atom. The van der Waals surface area contributed by atoms with Gasteiger partial charge in [0.05, 0.1) is 27.5 Å². The van der Waals surface area contributed by atoms with Crippen LogP contribution in [0, 0.1) is 12.7 Å². The van der Waals surface area contributed by atoms with Crippen LogP contribution in [0.3, 0.4) is 0 Å². The number of carbonyl (C=O) groups is 1. The van der Waals surface area contributed by atoms with Crippen molar-refractivity contribution in [1.82, 2.24) is 15.0 Å². The summed E-state index contributed by atoms with van der Waals surface area (Å²) in [7, 11) is 0. The van der Waals surface area contributed by atoms with Crippen molar-refractivity contribution in [2.75, 3.05) is 11.4 Å². The van der Waals surface area contributed by atoms with Crippen LogP contribution >= 0.6 is 11.6 Å². The Hall–Kier alpha value is -2.86. The first kappa shape index (κ1) is 21.4. The monoisotopic (exact) mass is 438 g/mol. The molecule has 3 heterocycles. The first-order valence-corrected chi connectivity index (χ1v) is 10.7. The van der Waals surface area contributed by atoms with Crippen LogP contribution in [-0.4, -0.2) is 27.3 Å². The van der Waals surface area contributed by atoms with Gasteiger partial charge in [0.15, 0.2) is 0 Å². The Kier molecular flexibility index (Phi) is 5.75. The van der Waals surface area contributed by atoms with E-state index in [0.29, 0.717) is 11.3 Å². The maximum atomic E-state index is 13.8. The van der Waals surface area contributed by atoms with Gasteiger partial charge in [0.25, 0.3) is 0 Å². The minimum absolute atomic E-state index is 0.0271. The lowest BCUT2D eigenvalue weighted by atomic mass is 9.81. The molecule has 0 spiro atoms. The molecule has 0 fully saturated rings. The quantitative estimate of drug-likeness (QED) is 0.551. The number of hydrogen-bond donors (Lipinski definition) is 0. The molecule has 1 aliphatic rings. The van der Waals surface area contributed by atoms with E-state index in [-0.39, 0.29) is 17.2 Å². The largest absolute Gasteiger partial charge is 0.325 e. The van der Waals surface area contributed by atoms with Crippen molar-refractivity contribution in [2.24, 2.45) is 0 Å². The molecule has 0 aliphatic carbocycles. The van der Waals surface area contributed by atoms with Crippen molar-refractivity contribution in [3.63, 3.8) is 0 Å². The summed E-state index contributed by atoms with van der Waals surface area (Å²) >= 11 is 5.75. The van der Waals surface area contributed by atoms with Crippen LogP contribution in [0.2, 0.25) is 5.02 Å². The fourth-order valence-corrected chi connectivity index (χ4v) is 3.95. The summed E-state index contributed by atoms with van der Waals surface area (Å²) in [6.45, 7) is 6.46. The zero-order chi connectivity index (χ0) is 22.2. The predicted molar refractivity (Wildman–Crippen MR) is 119 cm³/mol. The zero-order valence-corrected chi connectivity index (χ0v) is 18.6. The normalized spacial score (nSPS) is 13.8. The Bertz CT molecular complexity index is 1150. The number of fused-ring (bicyclic) bond motifs is 1. The second kappa shape index (κ2) is 8.35. The van der Waals surface area contributed by atoms with E-state index in [2.05, 4.69) is 14.9 Å². The van der Waals surface area contributed by atoms with Crippen molar-refractivity contribution in [1.29, 1.82) is 0 Å². The summed E-state index contributed by atoms with van der Waals surface area (Å²) in [5.41, 5.74) is 2.48. The summed E-state index contributed by atoms with van der Waals surface area (Å²) in [4.78, 5) is 28.9. The molecule has 0 radical (unpaired) electrons. The van der Waals surface area contributed by atoms with Gasteiger partial charge in [-0.15, -0.1) is 0 Å². The summed E-state index contributed by atoms with van der Waals surface area (Å²) in [5.74, 6) is 1.03. The molecule has 7 heteroatoms. The lowest BCUT2D eigenvalue weighted by Gasteiger charge is -2.31. The second-order valence-corrected chi connectivity index (χ2v) is 8.76. The SMILES string of the molecule is Cc1nccc(N2CCCc3nc(C(C)(C)C(=O)Cc4ccc(Cl)c(F)c4)ccc32)n1. The molecule has 2 aromatic heterocycles. The molecule has 0 amide bonds. The smallest absolute Gasteiger partial charge is 0.148 e. The van der Waals surface area contributed by atoms with Crippen LogP contribution in [0.1, 0.15) is 43.0 Å². The van der Waals surface area contributed by atoms with Crippen LogP contribution in [0.25, 0.3) is 0 Å². The highest BCUT2D eigenvalue weighted by molar-refractivity contribution is 6.30. The number of ketones is 1. The van der Waals surface area contributed by atoms with E-state index in [1.54, 1.807) is 12.3 Å². The molecule has 0 saturated carbocycles. The standard InChI is InChI=1S/C24H24ClFN4O/c1-15-27-11-10-23(28-15)30-12-4-5-19-20(30)8-9-21(29-19)24(2,3)22(31)14-16-6-7-17(25)18(26)13-16/h6-11,13H,4-5,12,14H2,1-3H3. The van der Waals surface area contributed by atoms with Crippen LogP contribution in [0.5, 0.6) is 0 Å². The molecule has 1 aliphatic heterocycles. The minimum atomic E-state index is -0.807. The minimum Gasteiger partial charge on any atom is -0.325 e. The van der Waals surface area contributed by atoms with Crippen LogP contribution < -0.4 is 4.90 Å². The number of aryl methyl sites for hydroxylation is 2. The summed E-state index contributed by atoms with van der Waals surface area (Å²) in [5, 5.41) is 0.0512. The van der Waals surface area contributed by atoms with E-state index in [9.17, 15) is 9.18 Å². The first-order chi connectivity index (χ1) is 14.8. The van der Waals surface area contributed by atoms with Crippen LogP contribution in [0.15, 0.2) is 42.6 Å². The lowest BCUT2D eigenvalue weighted by Crippen LogP contribution is -2.33. The molecular weight excluding hydrogens is 415 g/mol. The number of carbonyl (C=O) groups excluding carboxylic acids is 1. The highest BCUT2D eigenvalue weighted by Gasteiger charge is 2.32. The molecule has 0 atom stereocenters. The second-order valence-electron chi connectivity index (χ2n) is 8.35. The van der Waals surface area contributed by atoms with E-state index in [4.69, 9.17) is 16.6 Å². The number of halogens is 2. The van der Waals surface area contributed by atoms with Gasteiger partial charge in [-0.05, 0) is 69.5 Å². The third-order valence-corrected chi connectivity index (χ3v) is 6.07. The maximum Gasteiger partial charge on any atom is 0.148 e. The molecule has 31 heavy (non-hydrogen) atoms. The Balaban J connectivity index is 1.61. The maximum absolute atomic E-state index is 13.8. The third kappa shape index (κ3) is 4.30. The van der Waals surface area contributed by atoms with Gasteiger partial charge in [-0.1, -0.05) is 17.7 Å². The molecule has 4 rings (SSSR count). The van der Waals surface area contributed by atoms with Gasteiger partial charge in [0.1, 0.15) is 23.2 Å². The highest BCUT2D eigenvalue weighted by Crippen LogP contribution is 2.34. The molecule has 3 aromatic rings. The molecular formula is C24H24ClFN4O. The number of hydrogen-bond acceptors (Lipinski definition) is 5. The van der Waals surface area contributed by atoms with E-state index < -0.39 is 11.2 Å². The Morgan fingerprint density at radius 1 is 1.19 bits per heavy atom. The summed E-state index contributed by atoms with van der Waals surface area (Å²) < 4.78 is 13.8. The number of Topliss-reactive ketones (excluding diaryl/α,β-unsaturated/α-hetero) is 1. The van der Waals surface area contributed by atoms with Gasteiger partial charge < -0.3 is 4.90 Å². The number of anilines is 2. The van der Waals surface area contributed by atoms with Crippen molar-refractivity contribution in [3.05, 3.63) is 76.2 Å². The molecule has 0 N–H and O–H groups in total. The van der Waals surface area contributed by atoms with E-state index in [1.165, 1.54) is 12.1 Å². The van der Waals surface area contributed by atoms with Gasteiger partial charge in [-0.2, -0.15) is 0 Å². The van der Waals surface area contributed by atoms with Gasteiger partial charge in [0.2, 0.25) is 0 Å². The van der Waals surface area contributed by atoms with Gasteiger partial charge in [-0.25, -0.2) is 14.4 Å². The topological polar surface area (TPSA) is 59.0 Å². The van der Waals surface area contributed by atoms with E-state index in [0.717, 1.165) is 42.4 Å². The summed E-state index contributed by atoms with van der Waals surface area (Å²) in [6, 6.07) is 10.3. The fraction of sp³-hybridized carbons (Fsp3) is 0.333. The Morgan fingerprint density at radius 2 is 2.00 bits per heavy atom. The van der Waals surface area contributed by atoms with Crippen molar-refractivity contribution in [2.45, 2.75) is 45.4 Å².